The number of carbonyl (C=O) groups excluding carboxylic acids is 3. The Kier molecular flexibility index (Phi) is 7.46. The first-order chi connectivity index (χ1) is 14.5. The van der Waals surface area contributed by atoms with E-state index in [0.29, 0.717) is 22.9 Å². The second-order valence-corrected chi connectivity index (χ2v) is 7.58. The summed E-state index contributed by atoms with van der Waals surface area (Å²) in [6.07, 6.45) is 2.10. The summed E-state index contributed by atoms with van der Waals surface area (Å²) in [5.74, 6) is -0.875. The highest BCUT2D eigenvalue weighted by Crippen LogP contribution is 2.27. The summed E-state index contributed by atoms with van der Waals surface area (Å²) in [5.41, 5.74) is 1.12. The van der Waals surface area contributed by atoms with Gasteiger partial charge in [0.15, 0.2) is 12.4 Å². The normalized spacial score (nSPS) is 15.9. The van der Waals surface area contributed by atoms with Crippen molar-refractivity contribution in [2.45, 2.75) is 26.2 Å². The number of anilines is 1. The predicted molar refractivity (Wildman–Crippen MR) is 114 cm³/mol. The number of ketones is 1. The van der Waals surface area contributed by atoms with Crippen LogP contribution in [0.25, 0.3) is 0 Å². The molecule has 1 heterocycles. The standard InChI is InChI=1S/C23H24ClNO5/c1-2-3-12-29-20-10-8-19(9-11-20)25-14-17(13-22(25)27)23(28)30-15-21(26)16-4-6-18(24)7-5-16/h4-11,17H,2-3,12-15H2,1H3/t17-/m0/s1. The maximum Gasteiger partial charge on any atom is 0.311 e. The van der Waals surface area contributed by atoms with Crippen molar-refractivity contribution in [3.05, 3.63) is 59.1 Å². The Bertz CT molecular complexity index is 895. The summed E-state index contributed by atoms with van der Waals surface area (Å²) in [4.78, 5) is 38.4. The van der Waals surface area contributed by atoms with Gasteiger partial charge in [-0.2, -0.15) is 0 Å². The third-order valence-electron chi connectivity index (χ3n) is 4.89. The molecule has 0 saturated carbocycles. The van der Waals surface area contributed by atoms with Crippen LogP contribution in [0.2, 0.25) is 5.02 Å². The van der Waals surface area contributed by atoms with E-state index in [-0.39, 0.29) is 31.3 Å². The van der Waals surface area contributed by atoms with Crippen molar-refractivity contribution in [1.29, 1.82) is 0 Å². The van der Waals surface area contributed by atoms with Crippen LogP contribution in [0.4, 0.5) is 5.69 Å². The first-order valence-electron chi connectivity index (χ1n) is 9.96. The van der Waals surface area contributed by atoms with E-state index in [4.69, 9.17) is 21.1 Å². The molecule has 3 rings (SSSR count). The van der Waals surface area contributed by atoms with Gasteiger partial charge >= 0.3 is 5.97 Å². The highest BCUT2D eigenvalue weighted by molar-refractivity contribution is 6.30. The molecule has 30 heavy (non-hydrogen) atoms. The third-order valence-corrected chi connectivity index (χ3v) is 5.14. The van der Waals surface area contributed by atoms with Gasteiger partial charge in [-0.25, -0.2) is 0 Å². The van der Waals surface area contributed by atoms with Crippen LogP contribution in [0.15, 0.2) is 48.5 Å². The molecule has 1 fully saturated rings. The number of halogens is 1. The molecule has 1 aliphatic heterocycles. The number of rotatable bonds is 9. The van der Waals surface area contributed by atoms with E-state index in [1.54, 1.807) is 41.3 Å². The number of amides is 1. The zero-order chi connectivity index (χ0) is 21.5. The average Bonchev–Trinajstić information content (AvgIpc) is 3.14. The number of unbranched alkanes of at least 4 members (excludes halogenated alkanes) is 1. The molecule has 0 aromatic heterocycles. The van der Waals surface area contributed by atoms with Crippen molar-refractivity contribution < 1.29 is 23.9 Å². The molecule has 2 aromatic carbocycles. The molecule has 158 valence electrons. The Morgan fingerprint density at radius 3 is 2.47 bits per heavy atom. The van der Waals surface area contributed by atoms with E-state index in [9.17, 15) is 14.4 Å². The molecule has 0 N–H and O–H groups in total. The summed E-state index contributed by atoms with van der Waals surface area (Å²) in [6, 6.07) is 13.6. The van der Waals surface area contributed by atoms with Gasteiger partial charge in [-0.1, -0.05) is 24.9 Å². The number of benzene rings is 2. The molecule has 7 heteroatoms. The SMILES string of the molecule is CCCCOc1ccc(N2C[C@@H](C(=O)OCC(=O)c3ccc(Cl)cc3)CC2=O)cc1. The maximum atomic E-state index is 12.4. The summed E-state index contributed by atoms with van der Waals surface area (Å²) in [7, 11) is 0. The summed E-state index contributed by atoms with van der Waals surface area (Å²) in [5, 5.41) is 0.522. The molecule has 0 radical (unpaired) electrons. The number of esters is 1. The van der Waals surface area contributed by atoms with Crippen molar-refractivity contribution in [3.8, 4) is 5.75 Å². The van der Waals surface area contributed by atoms with Gasteiger partial charge in [-0.15, -0.1) is 0 Å². The minimum Gasteiger partial charge on any atom is -0.494 e. The maximum absolute atomic E-state index is 12.4. The molecule has 1 amide bonds. The van der Waals surface area contributed by atoms with Gasteiger partial charge in [0.25, 0.3) is 0 Å². The second kappa shape index (κ2) is 10.3. The fourth-order valence-electron chi connectivity index (χ4n) is 3.15. The van der Waals surface area contributed by atoms with Gasteiger partial charge in [0.2, 0.25) is 5.91 Å². The monoisotopic (exact) mass is 429 g/mol. The number of nitrogens with zero attached hydrogens (tertiary/aromatic N) is 1. The van der Waals surface area contributed by atoms with Crippen molar-refractivity contribution >= 4 is 34.9 Å². The van der Waals surface area contributed by atoms with Crippen molar-refractivity contribution in [1.82, 2.24) is 0 Å². The molecule has 0 spiro atoms. The predicted octanol–water partition coefficient (Wildman–Crippen LogP) is 4.30. The van der Waals surface area contributed by atoms with Crippen molar-refractivity contribution in [2.24, 2.45) is 5.92 Å². The summed E-state index contributed by atoms with van der Waals surface area (Å²) < 4.78 is 10.8. The minimum absolute atomic E-state index is 0.0583. The van der Waals surface area contributed by atoms with E-state index in [1.165, 1.54) is 0 Å². The molecule has 1 aliphatic rings. The topological polar surface area (TPSA) is 72.9 Å². The van der Waals surface area contributed by atoms with Gasteiger partial charge in [-0.3, -0.25) is 14.4 Å². The Morgan fingerprint density at radius 1 is 1.10 bits per heavy atom. The lowest BCUT2D eigenvalue weighted by Crippen LogP contribution is -2.27. The molecule has 6 nitrogen and oxygen atoms in total. The van der Waals surface area contributed by atoms with Gasteiger partial charge in [0.05, 0.1) is 12.5 Å². The molecular weight excluding hydrogens is 406 g/mol. The fourth-order valence-corrected chi connectivity index (χ4v) is 3.27. The van der Waals surface area contributed by atoms with E-state index >= 15 is 0 Å². The molecule has 0 aliphatic carbocycles. The van der Waals surface area contributed by atoms with Crippen molar-refractivity contribution in [2.75, 3.05) is 24.7 Å². The van der Waals surface area contributed by atoms with Gasteiger partial charge in [0.1, 0.15) is 5.75 Å². The molecule has 1 saturated heterocycles. The Labute approximate surface area is 180 Å². The van der Waals surface area contributed by atoms with E-state index < -0.39 is 11.9 Å². The highest BCUT2D eigenvalue weighted by Gasteiger charge is 2.36. The van der Waals surface area contributed by atoms with Gasteiger partial charge in [-0.05, 0) is 55.0 Å². The zero-order valence-electron chi connectivity index (χ0n) is 16.8. The lowest BCUT2D eigenvalue weighted by molar-refractivity contribution is -0.147. The smallest absolute Gasteiger partial charge is 0.311 e. The number of hydrogen-bond acceptors (Lipinski definition) is 5. The number of ether oxygens (including phenoxy) is 2. The number of hydrogen-bond donors (Lipinski definition) is 0. The van der Waals surface area contributed by atoms with Crippen LogP contribution in [0, 0.1) is 5.92 Å². The van der Waals surface area contributed by atoms with Crippen LogP contribution in [0.1, 0.15) is 36.5 Å². The first-order valence-corrected chi connectivity index (χ1v) is 10.3. The fraction of sp³-hybridized carbons (Fsp3) is 0.348. The minimum atomic E-state index is -0.601. The second-order valence-electron chi connectivity index (χ2n) is 7.14. The lowest BCUT2D eigenvalue weighted by Gasteiger charge is -2.17. The molecule has 1 atom stereocenters. The van der Waals surface area contributed by atoms with E-state index in [1.807, 2.05) is 12.1 Å². The third kappa shape index (κ3) is 5.60. The van der Waals surface area contributed by atoms with Gasteiger partial charge < -0.3 is 14.4 Å². The lowest BCUT2D eigenvalue weighted by atomic mass is 10.1. The first kappa shape index (κ1) is 21.8. The van der Waals surface area contributed by atoms with Crippen LogP contribution in [-0.4, -0.2) is 37.4 Å². The summed E-state index contributed by atoms with van der Waals surface area (Å²) >= 11 is 5.80. The van der Waals surface area contributed by atoms with Crippen molar-refractivity contribution in [3.63, 3.8) is 0 Å². The largest absolute Gasteiger partial charge is 0.494 e. The Balaban J connectivity index is 1.52. The van der Waals surface area contributed by atoms with Crippen LogP contribution in [0.3, 0.4) is 0 Å². The highest BCUT2D eigenvalue weighted by atomic mass is 35.5. The molecular formula is C23H24ClNO5. The number of Topliss-reactive ketones (excluding diaryl/α,β-unsaturated/α-hetero) is 1. The molecule has 0 unspecified atom stereocenters. The number of carbonyl (C=O) groups is 3. The average molecular weight is 430 g/mol. The quantitative estimate of drug-likeness (QED) is 0.337. The van der Waals surface area contributed by atoms with Crippen LogP contribution in [-0.2, 0) is 14.3 Å². The summed E-state index contributed by atoms with van der Waals surface area (Å²) in [6.45, 7) is 2.61. The van der Waals surface area contributed by atoms with Crippen LogP contribution < -0.4 is 9.64 Å². The molecule has 0 bridgehead atoms. The Hall–Kier alpha value is -2.86. The molecule has 2 aromatic rings. The van der Waals surface area contributed by atoms with Crippen LogP contribution in [0.5, 0.6) is 5.75 Å². The van der Waals surface area contributed by atoms with E-state index in [0.717, 1.165) is 18.6 Å². The zero-order valence-corrected chi connectivity index (χ0v) is 17.6. The van der Waals surface area contributed by atoms with E-state index in [2.05, 4.69) is 6.92 Å². The Morgan fingerprint density at radius 2 is 1.80 bits per heavy atom. The van der Waals surface area contributed by atoms with Crippen LogP contribution >= 0.6 is 11.6 Å². The van der Waals surface area contributed by atoms with Gasteiger partial charge in [0, 0.05) is 29.2 Å².